The number of likely N-dealkylation sites (tertiary alicyclic amines) is 1. The summed E-state index contributed by atoms with van der Waals surface area (Å²) in [5.74, 6) is 1.01. The molecule has 3 nitrogen and oxygen atoms in total. The Labute approximate surface area is 155 Å². The zero-order valence-corrected chi connectivity index (χ0v) is 17.2. The number of carbonyl (C=O) groups is 1. The lowest BCUT2D eigenvalue weighted by atomic mass is 9.88. The maximum atomic E-state index is 13.0. The lowest BCUT2D eigenvalue weighted by Crippen LogP contribution is -2.57. The predicted octanol–water partition coefficient (Wildman–Crippen LogP) is 4.61. The summed E-state index contributed by atoms with van der Waals surface area (Å²) < 4.78 is 0. The molecule has 0 spiro atoms. The Bertz CT molecular complexity index is 494. The minimum absolute atomic E-state index is 0.308. The van der Waals surface area contributed by atoms with Crippen LogP contribution in [0.25, 0.3) is 0 Å². The van der Waals surface area contributed by atoms with E-state index in [-0.39, 0.29) is 5.54 Å². The highest BCUT2D eigenvalue weighted by Crippen LogP contribution is 2.26. The second-order valence-electron chi connectivity index (χ2n) is 7.07. The molecule has 0 unspecified atom stereocenters. The van der Waals surface area contributed by atoms with E-state index in [1.54, 1.807) is 0 Å². The molecule has 1 saturated heterocycles. The van der Waals surface area contributed by atoms with Crippen molar-refractivity contribution in [2.24, 2.45) is 5.92 Å². The summed E-state index contributed by atoms with van der Waals surface area (Å²) in [7, 11) is 2.06. The third kappa shape index (κ3) is 5.57. The van der Waals surface area contributed by atoms with Crippen molar-refractivity contribution in [3.8, 4) is 0 Å². The van der Waals surface area contributed by atoms with Crippen molar-refractivity contribution >= 4 is 5.91 Å². The van der Waals surface area contributed by atoms with Crippen molar-refractivity contribution < 1.29 is 4.79 Å². The summed E-state index contributed by atoms with van der Waals surface area (Å²) in [6.07, 6.45) is 4.25. The molecule has 1 aromatic carbocycles. The molecule has 0 N–H and O–H groups in total. The molecule has 142 valence electrons. The standard InChI is InChI=1S/C20H32N2O.C2H6/c1-5-20(3,21(4)6-2)19(23)22-14-12-18(13-15-22)16-17-10-8-7-9-11-17;1-2/h7-11,18H,5-6,12-16H2,1-4H3;1-2H3/t20-;/m1./s1. The van der Waals surface area contributed by atoms with Crippen LogP contribution in [-0.2, 0) is 11.2 Å². The molecule has 0 saturated carbocycles. The van der Waals surface area contributed by atoms with Crippen LogP contribution < -0.4 is 0 Å². The van der Waals surface area contributed by atoms with Crippen molar-refractivity contribution in [2.75, 3.05) is 26.7 Å². The van der Waals surface area contributed by atoms with Crippen LogP contribution in [0.15, 0.2) is 30.3 Å². The Kier molecular flexibility index (Phi) is 9.20. The highest BCUT2D eigenvalue weighted by molar-refractivity contribution is 5.86. The van der Waals surface area contributed by atoms with E-state index in [2.05, 4.69) is 68.0 Å². The Morgan fingerprint density at radius 2 is 1.72 bits per heavy atom. The molecule has 0 bridgehead atoms. The van der Waals surface area contributed by atoms with Gasteiger partial charge in [0, 0.05) is 13.1 Å². The topological polar surface area (TPSA) is 23.6 Å². The molecule has 1 amide bonds. The lowest BCUT2D eigenvalue weighted by molar-refractivity contribution is -0.144. The van der Waals surface area contributed by atoms with Crippen LogP contribution in [0.2, 0.25) is 0 Å². The van der Waals surface area contributed by atoms with Gasteiger partial charge in [-0.3, -0.25) is 9.69 Å². The second-order valence-corrected chi connectivity index (χ2v) is 7.07. The van der Waals surface area contributed by atoms with Gasteiger partial charge < -0.3 is 4.90 Å². The van der Waals surface area contributed by atoms with Gasteiger partial charge in [-0.05, 0) is 57.7 Å². The van der Waals surface area contributed by atoms with Crippen LogP contribution in [0.3, 0.4) is 0 Å². The fourth-order valence-corrected chi connectivity index (χ4v) is 3.56. The summed E-state index contributed by atoms with van der Waals surface area (Å²) in [6, 6.07) is 10.7. The molecule has 0 radical (unpaired) electrons. The van der Waals surface area contributed by atoms with Gasteiger partial charge in [0.05, 0.1) is 5.54 Å². The first-order valence-corrected chi connectivity index (χ1v) is 10.1. The fourth-order valence-electron chi connectivity index (χ4n) is 3.56. The Morgan fingerprint density at radius 3 is 2.20 bits per heavy atom. The first kappa shape index (κ1) is 21.7. The molecular formula is C22H38N2O. The first-order chi connectivity index (χ1) is 12.0. The van der Waals surface area contributed by atoms with Crippen molar-refractivity contribution in [3.05, 3.63) is 35.9 Å². The van der Waals surface area contributed by atoms with Gasteiger partial charge in [0.25, 0.3) is 0 Å². The van der Waals surface area contributed by atoms with E-state index in [1.165, 1.54) is 5.56 Å². The van der Waals surface area contributed by atoms with Crippen molar-refractivity contribution in [2.45, 2.75) is 65.8 Å². The van der Waals surface area contributed by atoms with E-state index >= 15 is 0 Å². The van der Waals surface area contributed by atoms with Gasteiger partial charge in [-0.2, -0.15) is 0 Å². The van der Waals surface area contributed by atoms with Crippen LogP contribution in [0, 0.1) is 5.92 Å². The smallest absolute Gasteiger partial charge is 0.242 e. The van der Waals surface area contributed by atoms with Crippen LogP contribution in [0.4, 0.5) is 0 Å². The van der Waals surface area contributed by atoms with Gasteiger partial charge in [0.1, 0.15) is 0 Å². The van der Waals surface area contributed by atoms with E-state index in [9.17, 15) is 4.79 Å². The molecule has 3 heteroatoms. The molecule has 2 rings (SSSR count). The van der Waals surface area contributed by atoms with Crippen molar-refractivity contribution in [1.82, 2.24) is 9.80 Å². The number of hydrogen-bond acceptors (Lipinski definition) is 2. The summed E-state index contributed by atoms with van der Waals surface area (Å²) in [5.41, 5.74) is 1.06. The van der Waals surface area contributed by atoms with Crippen LogP contribution >= 0.6 is 0 Å². The second kappa shape index (κ2) is 10.6. The summed E-state index contributed by atoms with van der Waals surface area (Å²) in [6.45, 7) is 13.0. The van der Waals surface area contributed by atoms with Gasteiger partial charge in [0.15, 0.2) is 0 Å². The van der Waals surface area contributed by atoms with Crippen molar-refractivity contribution in [1.29, 1.82) is 0 Å². The molecule has 1 fully saturated rings. The zero-order chi connectivity index (χ0) is 18.9. The molecule has 0 aliphatic carbocycles. The third-order valence-electron chi connectivity index (χ3n) is 5.73. The summed E-state index contributed by atoms with van der Waals surface area (Å²) in [5, 5.41) is 0. The molecule has 1 aromatic rings. The highest BCUT2D eigenvalue weighted by Gasteiger charge is 2.39. The molecule has 1 aliphatic rings. The van der Waals surface area contributed by atoms with E-state index in [0.29, 0.717) is 11.8 Å². The first-order valence-electron chi connectivity index (χ1n) is 10.1. The van der Waals surface area contributed by atoms with E-state index in [4.69, 9.17) is 0 Å². The monoisotopic (exact) mass is 346 g/mol. The SMILES string of the molecule is CC.CCN(C)[C@](C)(CC)C(=O)N1CCC(Cc2ccccc2)CC1. The number of nitrogens with zero attached hydrogens (tertiary/aromatic N) is 2. The van der Waals surface area contributed by atoms with Crippen LogP contribution in [0.1, 0.15) is 59.4 Å². The number of likely N-dealkylation sites (N-methyl/N-ethyl adjacent to an activating group) is 1. The number of carbonyl (C=O) groups excluding carboxylic acids is 1. The number of piperidine rings is 1. The maximum absolute atomic E-state index is 13.0. The zero-order valence-electron chi connectivity index (χ0n) is 17.2. The number of benzene rings is 1. The lowest BCUT2D eigenvalue weighted by Gasteiger charge is -2.42. The highest BCUT2D eigenvalue weighted by atomic mass is 16.2. The Morgan fingerprint density at radius 1 is 1.16 bits per heavy atom. The van der Waals surface area contributed by atoms with E-state index in [1.807, 2.05) is 13.8 Å². The van der Waals surface area contributed by atoms with Gasteiger partial charge in [-0.15, -0.1) is 0 Å². The van der Waals surface area contributed by atoms with Gasteiger partial charge in [-0.1, -0.05) is 58.0 Å². The molecule has 1 aliphatic heterocycles. The van der Waals surface area contributed by atoms with Crippen LogP contribution in [0.5, 0.6) is 0 Å². The van der Waals surface area contributed by atoms with E-state index < -0.39 is 0 Å². The number of hydrogen-bond donors (Lipinski definition) is 0. The van der Waals surface area contributed by atoms with Gasteiger partial charge in [-0.25, -0.2) is 0 Å². The van der Waals surface area contributed by atoms with Gasteiger partial charge >= 0.3 is 0 Å². The largest absolute Gasteiger partial charge is 0.341 e. The van der Waals surface area contributed by atoms with Crippen molar-refractivity contribution in [3.63, 3.8) is 0 Å². The minimum Gasteiger partial charge on any atom is -0.341 e. The Balaban J connectivity index is 0.00000151. The number of amides is 1. The Hall–Kier alpha value is -1.35. The third-order valence-corrected chi connectivity index (χ3v) is 5.73. The number of rotatable bonds is 6. The predicted molar refractivity (Wildman–Crippen MR) is 108 cm³/mol. The summed E-state index contributed by atoms with van der Waals surface area (Å²) in [4.78, 5) is 17.3. The molecule has 1 atom stereocenters. The average molecular weight is 347 g/mol. The molecule has 1 heterocycles. The normalized spacial score (nSPS) is 17.6. The van der Waals surface area contributed by atoms with Crippen LogP contribution in [-0.4, -0.2) is 47.9 Å². The van der Waals surface area contributed by atoms with E-state index in [0.717, 1.165) is 45.3 Å². The minimum atomic E-state index is -0.360. The molecular weight excluding hydrogens is 308 g/mol. The molecule has 25 heavy (non-hydrogen) atoms. The summed E-state index contributed by atoms with van der Waals surface area (Å²) >= 11 is 0. The molecule has 0 aromatic heterocycles. The van der Waals surface area contributed by atoms with Gasteiger partial charge in [0.2, 0.25) is 5.91 Å². The average Bonchev–Trinajstić information content (AvgIpc) is 2.69. The maximum Gasteiger partial charge on any atom is 0.242 e. The quantitative estimate of drug-likeness (QED) is 0.751. The fraction of sp³-hybridized carbons (Fsp3) is 0.682.